The lowest BCUT2D eigenvalue weighted by molar-refractivity contribution is 0.00775. The molecule has 2 saturated heterocycles. The summed E-state index contributed by atoms with van der Waals surface area (Å²) < 4.78 is 33.3. The molecule has 6 nitrogen and oxygen atoms in total. The first kappa shape index (κ1) is 14.2. The summed E-state index contributed by atoms with van der Waals surface area (Å²) in [5.74, 6) is 0.250. The van der Waals surface area contributed by atoms with Gasteiger partial charge in [0.15, 0.2) is 0 Å². The zero-order valence-electron chi connectivity index (χ0n) is 10.8. The number of aliphatic hydroxyl groups excluding tert-OH is 1. The first-order chi connectivity index (χ1) is 8.54. The van der Waals surface area contributed by atoms with Crippen molar-refractivity contribution in [3.63, 3.8) is 0 Å². The van der Waals surface area contributed by atoms with E-state index in [1.165, 1.54) is 8.61 Å². The van der Waals surface area contributed by atoms with E-state index in [-0.39, 0.29) is 18.6 Å². The predicted molar refractivity (Wildman–Crippen MR) is 67.3 cm³/mol. The first-order valence-corrected chi connectivity index (χ1v) is 7.91. The zero-order chi connectivity index (χ0) is 13.2. The van der Waals surface area contributed by atoms with Crippen LogP contribution in [0.5, 0.6) is 0 Å². The molecule has 1 unspecified atom stereocenters. The van der Waals surface area contributed by atoms with E-state index in [1.807, 2.05) is 6.92 Å². The average molecular weight is 278 g/mol. The van der Waals surface area contributed by atoms with Gasteiger partial charge < -0.3 is 9.84 Å². The van der Waals surface area contributed by atoms with Crippen LogP contribution >= 0.6 is 0 Å². The van der Waals surface area contributed by atoms with Gasteiger partial charge in [-0.2, -0.15) is 17.0 Å². The quantitative estimate of drug-likeness (QED) is 0.766. The van der Waals surface area contributed by atoms with Crippen molar-refractivity contribution < 1.29 is 18.3 Å². The van der Waals surface area contributed by atoms with E-state index in [0.717, 1.165) is 12.8 Å². The molecule has 1 atom stereocenters. The highest BCUT2D eigenvalue weighted by molar-refractivity contribution is 7.86. The van der Waals surface area contributed by atoms with Gasteiger partial charge in [-0.25, -0.2) is 0 Å². The Morgan fingerprint density at radius 1 is 1.22 bits per heavy atom. The molecule has 18 heavy (non-hydrogen) atoms. The van der Waals surface area contributed by atoms with Crippen molar-refractivity contribution in [3.05, 3.63) is 0 Å². The van der Waals surface area contributed by atoms with Crippen LogP contribution in [0.15, 0.2) is 0 Å². The number of ether oxygens (including phenoxy) is 1. The summed E-state index contributed by atoms with van der Waals surface area (Å²) in [7, 11) is -3.34. The molecule has 0 amide bonds. The van der Waals surface area contributed by atoms with Gasteiger partial charge in [-0.05, 0) is 25.7 Å². The molecule has 2 rings (SSSR count). The maximum Gasteiger partial charge on any atom is 0.282 e. The number of piperidine rings is 1. The Morgan fingerprint density at radius 3 is 2.44 bits per heavy atom. The summed E-state index contributed by atoms with van der Waals surface area (Å²) in [6.45, 7) is 4.41. The fourth-order valence-electron chi connectivity index (χ4n) is 2.48. The molecule has 0 aliphatic carbocycles. The Hall–Kier alpha value is -0.210. The fourth-order valence-corrected chi connectivity index (χ4v) is 4.18. The molecule has 7 heteroatoms. The first-order valence-electron chi connectivity index (χ1n) is 6.51. The lowest BCUT2D eigenvalue weighted by Gasteiger charge is -2.37. The minimum absolute atomic E-state index is 0.0384. The van der Waals surface area contributed by atoms with E-state index in [1.54, 1.807) is 0 Å². The number of morpholine rings is 1. The summed E-state index contributed by atoms with van der Waals surface area (Å²) in [6, 6.07) is 0. The van der Waals surface area contributed by atoms with E-state index in [0.29, 0.717) is 32.8 Å². The molecule has 0 spiro atoms. The molecule has 2 fully saturated rings. The Bertz CT molecular complexity index is 365. The molecular formula is C11H22N2O4S. The van der Waals surface area contributed by atoms with Gasteiger partial charge in [0.1, 0.15) is 0 Å². The minimum atomic E-state index is -3.34. The van der Waals surface area contributed by atoms with Gasteiger partial charge >= 0.3 is 0 Å². The topological polar surface area (TPSA) is 70.1 Å². The van der Waals surface area contributed by atoms with Gasteiger partial charge in [0.05, 0.1) is 12.7 Å². The number of hydrogen-bond acceptors (Lipinski definition) is 4. The SMILES string of the molecule is CC1CN(S(=O)(=O)N2CCC(CO)CC2)CCO1. The fraction of sp³-hybridized carbons (Fsp3) is 1.00. The lowest BCUT2D eigenvalue weighted by atomic mass is 10.00. The van der Waals surface area contributed by atoms with E-state index < -0.39 is 10.2 Å². The predicted octanol–water partition coefficient (Wildman–Crippen LogP) is -0.344. The van der Waals surface area contributed by atoms with E-state index >= 15 is 0 Å². The monoisotopic (exact) mass is 278 g/mol. The highest BCUT2D eigenvalue weighted by Gasteiger charge is 2.34. The second kappa shape index (κ2) is 5.83. The third-order valence-corrected chi connectivity index (χ3v) is 5.69. The largest absolute Gasteiger partial charge is 0.396 e. The molecule has 0 aromatic carbocycles. The average Bonchev–Trinajstić information content (AvgIpc) is 2.39. The third kappa shape index (κ3) is 3.03. The second-order valence-electron chi connectivity index (χ2n) is 5.07. The number of hydrogen-bond donors (Lipinski definition) is 1. The number of nitrogens with zero attached hydrogens (tertiary/aromatic N) is 2. The van der Waals surface area contributed by atoms with Gasteiger partial charge in [0.2, 0.25) is 0 Å². The molecule has 0 aromatic heterocycles. The summed E-state index contributed by atoms with van der Waals surface area (Å²) in [6.07, 6.45) is 1.45. The van der Waals surface area contributed by atoms with Gasteiger partial charge in [-0.3, -0.25) is 0 Å². The van der Waals surface area contributed by atoms with Crippen molar-refractivity contribution >= 4 is 10.2 Å². The Morgan fingerprint density at radius 2 is 1.89 bits per heavy atom. The molecule has 1 N–H and O–H groups in total. The lowest BCUT2D eigenvalue weighted by Crippen LogP contribution is -2.52. The standard InChI is InChI=1S/C11H22N2O4S/c1-10-8-13(6-7-17-10)18(15,16)12-4-2-11(9-14)3-5-12/h10-11,14H,2-9H2,1H3. The van der Waals surface area contributed by atoms with Gasteiger partial charge in [0.25, 0.3) is 10.2 Å². The van der Waals surface area contributed by atoms with Crippen LogP contribution in [0, 0.1) is 5.92 Å². The second-order valence-corrected chi connectivity index (χ2v) is 7.00. The highest BCUT2D eigenvalue weighted by atomic mass is 32.2. The van der Waals surface area contributed by atoms with Gasteiger partial charge in [0, 0.05) is 32.8 Å². The Balaban J connectivity index is 1.98. The summed E-state index contributed by atoms with van der Waals surface area (Å²) in [4.78, 5) is 0. The molecule has 0 saturated carbocycles. The van der Waals surface area contributed by atoms with Crippen LogP contribution in [0.1, 0.15) is 19.8 Å². The highest BCUT2D eigenvalue weighted by Crippen LogP contribution is 2.22. The van der Waals surface area contributed by atoms with E-state index in [9.17, 15) is 8.42 Å². The summed E-state index contributed by atoms with van der Waals surface area (Å²) in [5, 5.41) is 9.07. The maximum atomic E-state index is 12.4. The zero-order valence-corrected chi connectivity index (χ0v) is 11.6. The Labute approximate surface area is 109 Å². The van der Waals surface area contributed by atoms with Crippen LogP contribution in [0.25, 0.3) is 0 Å². The van der Waals surface area contributed by atoms with Crippen LogP contribution in [0.3, 0.4) is 0 Å². The van der Waals surface area contributed by atoms with Crippen molar-refractivity contribution in [2.24, 2.45) is 5.92 Å². The smallest absolute Gasteiger partial charge is 0.282 e. The van der Waals surface area contributed by atoms with Crippen molar-refractivity contribution in [2.45, 2.75) is 25.9 Å². The van der Waals surface area contributed by atoms with Crippen LogP contribution in [-0.4, -0.2) is 67.6 Å². The van der Waals surface area contributed by atoms with Crippen LogP contribution in [0.4, 0.5) is 0 Å². The minimum Gasteiger partial charge on any atom is -0.396 e. The van der Waals surface area contributed by atoms with Crippen molar-refractivity contribution in [2.75, 3.05) is 39.4 Å². The van der Waals surface area contributed by atoms with Crippen molar-refractivity contribution in [1.82, 2.24) is 8.61 Å². The third-order valence-electron chi connectivity index (χ3n) is 3.69. The normalized spacial score (nSPS) is 29.6. The summed E-state index contributed by atoms with van der Waals surface area (Å²) in [5.41, 5.74) is 0. The molecule has 2 aliphatic heterocycles. The molecule has 106 valence electrons. The van der Waals surface area contributed by atoms with E-state index in [2.05, 4.69) is 0 Å². The van der Waals surface area contributed by atoms with Gasteiger partial charge in [-0.1, -0.05) is 0 Å². The molecule has 0 bridgehead atoms. The summed E-state index contributed by atoms with van der Waals surface area (Å²) >= 11 is 0. The number of rotatable bonds is 3. The maximum absolute atomic E-state index is 12.4. The van der Waals surface area contributed by atoms with Gasteiger partial charge in [-0.15, -0.1) is 0 Å². The molecule has 0 aromatic rings. The molecular weight excluding hydrogens is 256 g/mol. The van der Waals surface area contributed by atoms with Crippen molar-refractivity contribution in [1.29, 1.82) is 0 Å². The van der Waals surface area contributed by atoms with Crippen LogP contribution in [-0.2, 0) is 14.9 Å². The van der Waals surface area contributed by atoms with Crippen molar-refractivity contribution in [3.8, 4) is 0 Å². The van der Waals surface area contributed by atoms with Crippen LogP contribution in [0.2, 0.25) is 0 Å². The molecule has 0 radical (unpaired) electrons. The molecule has 2 heterocycles. The Kier molecular flexibility index (Phi) is 4.60. The molecule has 2 aliphatic rings. The number of aliphatic hydroxyl groups is 1. The van der Waals surface area contributed by atoms with Crippen LogP contribution < -0.4 is 0 Å². The van der Waals surface area contributed by atoms with E-state index in [4.69, 9.17) is 9.84 Å².